The van der Waals surface area contributed by atoms with Crippen molar-refractivity contribution >= 4 is 23.1 Å². The van der Waals surface area contributed by atoms with Crippen LogP contribution < -0.4 is 20.7 Å². The smallest absolute Gasteiger partial charge is 0.349 e. The van der Waals surface area contributed by atoms with Gasteiger partial charge in [0, 0.05) is 5.56 Å². The summed E-state index contributed by atoms with van der Waals surface area (Å²) in [6, 6.07) is 10.1. The van der Waals surface area contributed by atoms with Gasteiger partial charge >= 0.3 is 11.7 Å². The molecular weight excluding hydrogens is 426 g/mol. The predicted octanol–water partition coefficient (Wildman–Crippen LogP) is 2.64. The van der Waals surface area contributed by atoms with Gasteiger partial charge in [0.05, 0.1) is 30.8 Å². The van der Waals surface area contributed by atoms with Crippen LogP contribution in [0.4, 0.5) is 0 Å². The molecule has 1 atom stereocenters. The van der Waals surface area contributed by atoms with E-state index in [2.05, 4.69) is 16.7 Å². The number of rotatable bonds is 9. The molecule has 9 heteroatoms. The van der Waals surface area contributed by atoms with E-state index in [-0.39, 0.29) is 6.61 Å². The van der Waals surface area contributed by atoms with Crippen LogP contribution >= 0.6 is 0 Å². The highest BCUT2D eigenvalue weighted by molar-refractivity contribution is 5.82. The number of allylic oxidation sites excluding steroid dienone is 1. The van der Waals surface area contributed by atoms with Crippen molar-refractivity contribution in [2.24, 2.45) is 5.10 Å². The van der Waals surface area contributed by atoms with Gasteiger partial charge < -0.3 is 19.2 Å². The molecule has 0 bridgehead atoms. The van der Waals surface area contributed by atoms with Gasteiger partial charge in [0.25, 0.3) is 5.56 Å². The predicted molar refractivity (Wildman–Crippen MR) is 125 cm³/mol. The van der Waals surface area contributed by atoms with Crippen molar-refractivity contribution < 1.29 is 19.0 Å². The third-order valence-corrected chi connectivity index (χ3v) is 4.76. The Balaban J connectivity index is 2.02. The number of fused-ring (bicyclic) bond motifs is 1. The Morgan fingerprint density at radius 3 is 2.73 bits per heavy atom. The number of nitrogens with zero attached hydrogens (tertiary/aromatic N) is 2. The molecule has 0 saturated carbocycles. The molecule has 0 radical (unpaired) electrons. The molecule has 0 fully saturated rings. The second-order valence-corrected chi connectivity index (χ2v) is 7.05. The minimum Gasteiger partial charge on any atom is -0.493 e. The van der Waals surface area contributed by atoms with E-state index < -0.39 is 23.3 Å². The second-order valence-electron chi connectivity index (χ2n) is 7.05. The lowest BCUT2D eigenvalue weighted by Gasteiger charge is -2.19. The molecule has 1 N–H and O–H groups in total. The molecule has 3 aromatic rings. The van der Waals surface area contributed by atoms with Gasteiger partial charge in [0.15, 0.2) is 17.6 Å². The molecule has 33 heavy (non-hydrogen) atoms. The molecule has 9 nitrogen and oxygen atoms in total. The number of methoxy groups -OCH3 is 1. The molecule has 0 saturated heterocycles. The maximum absolute atomic E-state index is 12.7. The van der Waals surface area contributed by atoms with E-state index >= 15 is 0 Å². The zero-order chi connectivity index (χ0) is 24.0. The van der Waals surface area contributed by atoms with E-state index in [9.17, 15) is 14.4 Å². The van der Waals surface area contributed by atoms with Gasteiger partial charge in [-0.15, -0.1) is 11.3 Å². The first-order valence-electron chi connectivity index (χ1n) is 10.3. The minimum absolute atomic E-state index is 0.242. The zero-order valence-corrected chi connectivity index (χ0v) is 18.7. The Bertz CT molecular complexity index is 1320. The van der Waals surface area contributed by atoms with Crippen LogP contribution in [0.25, 0.3) is 10.9 Å². The first-order valence-corrected chi connectivity index (χ1v) is 10.3. The SMILES string of the molecule is C=CCc1cc(C=Nn2c(=O)[nH]c3ccccc3c2=O)cc(OC)c1OC(C)C(=O)OCC. The largest absolute Gasteiger partial charge is 0.493 e. The van der Waals surface area contributed by atoms with Gasteiger partial charge in [-0.1, -0.05) is 18.2 Å². The molecule has 0 amide bonds. The van der Waals surface area contributed by atoms with E-state index in [1.807, 2.05) is 0 Å². The number of aromatic nitrogens is 2. The normalized spacial score (nSPS) is 12.0. The first-order chi connectivity index (χ1) is 15.9. The number of H-pyrrole nitrogens is 1. The fourth-order valence-electron chi connectivity index (χ4n) is 3.22. The highest BCUT2D eigenvalue weighted by Crippen LogP contribution is 2.34. The van der Waals surface area contributed by atoms with Crippen molar-refractivity contribution in [3.63, 3.8) is 0 Å². The standard InChI is InChI=1S/C24H25N3O6/c1-5-9-17-12-16(13-20(31-4)21(17)33-15(3)23(29)32-6-2)14-25-27-22(28)18-10-7-8-11-19(18)26-24(27)30/h5,7-8,10-15H,1,6,9H2,2-4H3,(H,26,30). The number of nitrogens with one attached hydrogen (secondary N) is 1. The summed E-state index contributed by atoms with van der Waals surface area (Å²) in [5, 5.41) is 4.43. The van der Waals surface area contributed by atoms with Crippen LogP contribution in [0.5, 0.6) is 11.5 Å². The molecule has 0 aliphatic rings. The van der Waals surface area contributed by atoms with Crippen LogP contribution in [0.3, 0.4) is 0 Å². The maximum atomic E-state index is 12.7. The second kappa shape index (κ2) is 10.4. The zero-order valence-electron chi connectivity index (χ0n) is 18.7. The van der Waals surface area contributed by atoms with Crippen LogP contribution in [0.1, 0.15) is 25.0 Å². The number of ether oxygens (including phenoxy) is 3. The number of benzene rings is 2. The maximum Gasteiger partial charge on any atom is 0.349 e. The monoisotopic (exact) mass is 451 g/mol. The molecular formula is C24H25N3O6. The number of hydrogen-bond acceptors (Lipinski definition) is 7. The molecule has 172 valence electrons. The summed E-state index contributed by atoms with van der Waals surface area (Å²) in [6.07, 6.45) is 2.62. The summed E-state index contributed by atoms with van der Waals surface area (Å²) in [6.45, 7) is 7.30. The average molecular weight is 451 g/mol. The summed E-state index contributed by atoms with van der Waals surface area (Å²) >= 11 is 0. The van der Waals surface area contributed by atoms with E-state index in [0.717, 1.165) is 4.68 Å². The van der Waals surface area contributed by atoms with Gasteiger partial charge in [0.2, 0.25) is 0 Å². The van der Waals surface area contributed by atoms with E-state index in [0.29, 0.717) is 39.9 Å². The lowest BCUT2D eigenvalue weighted by Crippen LogP contribution is -2.32. The Kier molecular flexibility index (Phi) is 7.45. The van der Waals surface area contributed by atoms with Crippen molar-refractivity contribution in [1.29, 1.82) is 0 Å². The van der Waals surface area contributed by atoms with Crippen LogP contribution in [0.15, 0.2) is 63.7 Å². The van der Waals surface area contributed by atoms with Gasteiger partial charge in [-0.25, -0.2) is 9.59 Å². The molecule has 0 aliphatic carbocycles. The average Bonchev–Trinajstić information content (AvgIpc) is 2.80. The summed E-state index contributed by atoms with van der Waals surface area (Å²) in [4.78, 5) is 39.7. The number of carbonyl (C=O) groups is 1. The minimum atomic E-state index is -0.850. The highest BCUT2D eigenvalue weighted by Gasteiger charge is 2.21. The van der Waals surface area contributed by atoms with Crippen LogP contribution in [0, 0.1) is 0 Å². The summed E-state index contributed by atoms with van der Waals surface area (Å²) in [5.41, 5.74) is 0.482. The molecule has 3 rings (SSSR count). The summed E-state index contributed by atoms with van der Waals surface area (Å²) in [7, 11) is 1.47. The molecule has 0 spiro atoms. The van der Waals surface area contributed by atoms with E-state index in [1.54, 1.807) is 56.3 Å². The Morgan fingerprint density at radius 1 is 1.27 bits per heavy atom. The number of aromatic amines is 1. The van der Waals surface area contributed by atoms with Crippen molar-refractivity contribution in [3.8, 4) is 11.5 Å². The van der Waals surface area contributed by atoms with Gasteiger partial charge in [-0.05, 0) is 50.1 Å². The Labute approximate surface area is 189 Å². The highest BCUT2D eigenvalue weighted by atomic mass is 16.6. The van der Waals surface area contributed by atoms with Crippen molar-refractivity contribution in [3.05, 3.63) is 81.0 Å². The Morgan fingerprint density at radius 2 is 2.03 bits per heavy atom. The van der Waals surface area contributed by atoms with Gasteiger partial charge in [-0.2, -0.15) is 5.10 Å². The summed E-state index contributed by atoms with van der Waals surface area (Å²) in [5.74, 6) is 0.229. The van der Waals surface area contributed by atoms with Crippen molar-refractivity contribution in [2.75, 3.05) is 13.7 Å². The quantitative estimate of drug-likeness (QED) is 0.304. The number of esters is 1. The van der Waals surface area contributed by atoms with Gasteiger partial charge in [0.1, 0.15) is 0 Å². The molecule has 1 unspecified atom stereocenters. The lowest BCUT2D eigenvalue weighted by molar-refractivity contribution is -0.150. The van der Waals surface area contributed by atoms with Gasteiger partial charge in [-0.3, -0.25) is 4.79 Å². The van der Waals surface area contributed by atoms with Crippen LogP contribution in [-0.4, -0.2) is 41.7 Å². The molecule has 0 aliphatic heterocycles. The molecule has 1 aromatic heterocycles. The number of hydrogen-bond donors (Lipinski definition) is 1. The van der Waals surface area contributed by atoms with E-state index in [4.69, 9.17) is 14.2 Å². The molecule has 2 aromatic carbocycles. The third kappa shape index (κ3) is 5.20. The molecule has 1 heterocycles. The summed E-state index contributed by atoms with van der Waals surface area (Å²) < 4.78 is 17.1. The Hall–Kier alpha value is -4.14. The number of para-hydroxylation sites is 1. The van der Waals surface area contributed by atoms with Crippen LogP contribution in [-0.2, 0) is 16.0 Å². The van der Waals surface area contributed by atoms with Crippen molar-refractivity contribution in [1.82, 2.24) is 9.66 Å². The fourth-order valence-corrected chi connectivity index (χ4v) is 3.22. The third-order valence-electron chi connectivity index (χ3n) is 4.76. The first kappa shape index (κ1) is 23.5. The lowest BCUT2D eigenvalue weighted by atomic mass is 10.1. The van der Waals surface area contributed by atoms with E-state index in [1.165, 1.54) is 13.3 Å². The van der Waals surface area contributed by atoms with Crippen LogP contribution in [0.2, 0.25) is 0 Å². The number of carbonyl (C=O) groups excluding carboxylic acids is 1. The topological polar surface area (TPSA) is 112 Å². The fraction of sp³-hybridized carbons (Fsp3) is 0.250. The van der Waals surface area contributed by atoms with Crippen molar-refractivity contribution in [2.45, 2.75) is 26.4 Å².